The third-order valence-corrected chi connectivity index (χ3v) is 5.08. The summed E-state index contributed by atoms with van der Waals surface area (Å²) in [5.74, 6) is 1.10. The lowest BCUT2D eigenvalue weighted by Gasteiger charge is -2.07. The Morgan fingerprint density at radius 3 is 2.75 bits per heavy atom. The lowest BCUT2D eigenvalue weighted by Crippen LogP contribution is -2.20. The standard InChI is InChI=1S/C20H22N4O3S/c1-11-5-7-17(27-4)15(9-11)16-10-28-20(23-16)24-18(25)8-6-14-12(2)21-13(3)22-19(14)26/h5,7,9-10H,6,8H2,1-4H3,(H,21,22,26)(H,23,24,25). The summed E-state index contributed by atoms with van der Waals surface area (Å²) in [4.78, 5) is 35.7. The molecule has 1 amide bonds. The van der Waals surface area contributed by atoms with Crippen LogP contribution in [0.1, 0.15) is 29.1 Å². The maximum Gasteiger partial charge on any atom is 0.254 e. The number of methoxy groups -OCH3 is 1. The smallest absolute Gasteiger partial charge is 0.254 e. The summed E-state index contributed by atoms with van der Waals surface area (Å²) in [6, 6.07) is 5.87. The van der Waals surface area contributed by atoms with Gasteiger partial charge in [-0.05, 0) is 39.3 Å². The number of aromatic nitrogens is 3. The average molecular weight is 398 g/mol. The lowest BCUT2D eigenvalue weighted by atomic mass is 10.1. The van der Waals surface area contributed by atoms with Crippen molar-refractivity contribution in [2.45, 2.75) is 33.6 Å². The Hall–Kier alpha value is -3.00. The molecular weight excluding hydrogens is 376 g/mol. The first-order valence-corrected chi connectivity index (χ1v) is 9.72. The molecule has 8 heteroatoms. The average Bonchev–Trinajstić information content (AvgIpc) is 3.09. The van der Waals surface area contributed by atoms with Gasteiger partial charge in [0.25, 0.3) is 5.56 Å². The van der Waals surface area contributed by atoms with Crippen LogP contribution in [0.5, 0.6) is 5.75 Å². The van der Waals surface area contributed by atoms with Gasteiger partial charge in [-0.3, -0.25) is 9.59 Å². The number of hydrogen-bond donors (Lipinski definition) is 2. The van der Waals surface area contributed by atoms with Crippen molar-refractivity contribution >= 4 is 22.4 Å². The number of ether oxygens (including phenoxy) is 1. The van der Waals surface area contributed by atoms with E-state index in [1.54, 1.807) is 21.0 Å². The van der Waals surface area contributed by atoms with Gasteiger partial charge in [0.1, 0.15) is 11.6 Å². The van der Waals surface area contributed by atoms with Gasteiger partial charge >= 0.3 is 0 Å². The largest absolute Gasteiger partial charge is 0.496 e. The van der Waals surface area contributed by atoms with Crippen molar-refractivity contribution in [3.63, 3.8) is 0 Å². The molecule has 3 aromatic rings. The van der Waals surface area contributed by atoms with E-state index in [1.165, 1.54) is 11.3 Å². The number of nitrogens with one attached hydrogen (secondary N) is 2. The first-order chi connectivity index (χ1) is 13.4. The van der Waals surface area contributed by atoms with Crippen LogP contribution in [0.2, 0.25) is 0 Å². The van der Waals surface area contributed by atoms with E-state index < -0.39 is 0 Å². The molecule has 146 valence electrons. The number of carbonyl (C=O) groups excluding carboxylic acids is 1. The molecule has 0 spiro atoms. The fourth-order valence-electron chi connectivity index (χ4n) is 2.94. The summed E-state index contributed by atoms with van der Waals surface area (Å²) >= 11 is 1.35. The molecule has 3 rings (SSSR count). The van der Waals surface area contributed by atoms with E-state index in [0.717, 1.165) is 22.6 Å². The molecule has 2 heterocycles. The normalized spacial score (nSPS) is 10.7. The Morgan fingerprint density at radius 2 is 2.04 bits per heavy atom. The second kappa shape index (κ2) is 8.35. The lowest BCUT2D eigenvalue weighted by molar-refractivity contribution is -0.116. The monoisotopic (exact) mass is 398 g/mol. The Balaban J connectivity index is 1.68. The summed E-state index contributed by atoms with van der Waals surface area (Å²) in [5, 5.41) is 5.19. The number of aromatic amines is 1. The molecule has 0 aliphatic rings. The number of amides is 1. The molecule has 0 saturated heterocycles. The number of H-pyrrole nitrogens is 1. The van der Waals surface area contributed by atoms with Gasteiger partial charge < -0.3 is 15.0 Å². The second-order valence-electron chi connectivity index (χ2n) is 6.51. The molecule has 0 aliphatic heterocycles. The number of benzene rings is 1. The first-order valence-electron chi connectivity index (χ1n) is 8.84. The van der Waals surface area contributed by atoms with Crippen LogP contribution in [0.4, 0.5) is 5.13 Å². The fourth-order valence-corrected chi connectivity index (χ4v) is 3.67. The molecule has 0 unspecified atom stereocenters. The van der Waals surface area contributed by atoms with Crippen molar-refractivity contribution in [2.75, 3.05) is 12.4 Å². The number of thiazole rings is 1. The van der Waals surface area contributed by atoms with Gasteiger partial charge in [-0.15, -0.1) is 11.3 Å². The summed E-state index contributed by atoms with van der Waals surface area (Å²) in [6.07, 6.45) is 0.502. The van der Waals surface area contributed by atoms with Crippen LogP contribution in [0.25, 0.3) is 11.3 Å². The van der Waals surface area contributed by atoms with Crippen LogP contribution in [0.15, 0.2) is 28.4 Å². The van der Waals surface area contributed by atoms with Crippen molar-refractivity contribution in [2.24, 2.45) is 0 Å². The SMILES string of the molecule is COc1ccc(C)cc1-c1csc(NC(=O)CCc2c(C)nc(C)[nH]c2=O)n1. The van der Waals surface area contributed by atoms with Gasteiger partial charge in [-0.25, -0.2) is 9.97 Å². The van der Waals surface area contributed by atoms with Gasteiger partial charge in [-0.1, -0.05) is 11.6 Å². The van der Waals surface area contributed by atoms with Gasteiger partial charge in [-0.2, -0.15) is 0 Å². The highest BCUT2D eigenvalue weighted by atomic mass is 32.1. The highest BCUT2D eigenvalue weighted by Gasteiger charge is 2.13. The van der Waals surface area contributed by atoms with Crippen LogP contribution in [-0.2, 0) is 11.2 Å². The zero-order chi connectivity index (χ0) is 20.3. The van der Waals surface area contributed by atoms with Crippen LogP contribution >= 0.6 is 11.3 Å². The minimum Gasteiger partial charge on any atom is -0.496 e. The van der Waals surface area contributed by atoms with Crippen LogP contribution in [-0.4, -0.2) is 28.0 Å². The fraction of sp³-hybridized carbons (Fsp3) is 0.300. The van der Waals surface area contributed by atoms with Crippen molar-refractivity contribution in [3.8, 4) is 17.0 Å². The molecular formula is C20H22N4O3S. The quantitative estimate of drug-likeness (QED) is 0.663. The number of rotatable bonds is 6. The van der Waals surface area contributed by atoms with E-state index in [4.69, 9.17) is 4.74 Å². The van der Waals surface area contributed by atoms with E-state index in [9.17, 15) is 9.59 Å². The number of anilines is 1. The molecule has 2 N–H and O–H groups in total. The van der Waals surface area contributed by atoms with E-state index in [2.05, 4.69) is 20.3 Å². The number of hydrogen-bond acceptors (Lipinski definition) is 6. The maximum absolute atomic E-state index is 12.3. The first kappa shape index (κ1) is 19.8. The summed E-state index contributed by atoms with van der Waals surface area (Å²) in [5.41, 5.74) is 3.72. The van der Waals surface area contributed by atoms with Crippen LogP contribution in [0.3, 0.4) is 0 Å². The molecule has 0 atom stereocenters. The zero-order valence-corrected chi connectivity index (χ0v) is 17.1. The second-order valence-corrected chi connectivity index (χ2v) is 7.36. The molecule has 0 fully saturated rings. The van der Waals surface area contributed by atoms with E-state index in [1.807, 2.05) is 30.5 Å². The Morgan fingerprint density at radius 1 is 1.25 bits per heavy atom. The Labute approximate surface area is 166 Å². The summed E-state index contributed by atoms with van der Waals surface area (Å²) in [7, 11) is 1.62. The van der Waals surface area contributed by atoms with Gasteiger partial charge in [0, 0.05) is 28.6 Å². The predicted octanol–water partition coefficient (Wildman–Crippen LogP) is 3.40. The van der Waals surface area contributed by atoms with Crippen LogP contribution in [0, 0.1) is 20.8 Å². The predicted molar refractivity (Wildman–Crippen MR) is 110 cm³/mol. The van der Waals surface area contributed by atoms with Crippen LogP contribution < -0.4 is 15.6 Å². The van der Waals surface area contributed by atoms with Gasteiger partial charge in [0.15, 0.2) is 5.13 Å². The zero-order valence-electron chi connectivity index (χ0n) is 16.3. The highest BCUT2D eigenvalue weighted by molar-refractivity contribution is 7.14. The molecule has 2 aromatic heterocycles. The molecule has 0 bridgehead atoms. The minimum absolute atomic E-state index is 0.178. The number of carbonyl (C=O) groups is 1. The minimum atomic E-state index is -0.198. The van der Waals surface area contributed by atoms with Crippen molar-refractivity contribution < 1.29 is 9.53 Å². The molecule has 7 nitrogen and oxygen atoms in total. The van der Waals surface area contributed by atoms with Gasteiger partial charge in [0.2, 0.25) is 5.91 Å². The summed E-state index contributed by atoms with van der Waals surface area (Å²) < 4.78 is 5.40. The Kier molecular flexibility index (Phi) is 5.89. The number of nitrogens with zero attached hydrogens (tertiary/aromatic N) is 2. The molecule has 0 saturated carbocycles. The molecule has 28 heavy (non-hydrogen) atoms. The topological polar surface area (TPSA) is 97.0 Å². The molecule has 1 aromatic carbocycles. The molecule has 0 aliphatic carbocycles. The van der Waals surface area contributed by atoms with Gasteiger partial charge in [0.05, 0.1) is 12.8 Å². The Bertz CT molecular complexity index is 1070. The summed E-state index contributed by atoms with van der Waals surface area (Å²) in [6.45, 7) is 5.51. The van der Waals surface area contributed by atoms with E-state index >= 15 is 0 Å². The highest BCUT2D eigenvalue weighted by Crippen LogP contribution is 2.33. The van der Waals surface area contributed by atoms with Crippen molar-refractivity contribution in [1.82, 2.24) is 15.0 Å². The third kappa shape index (κ3) is 4.45. The van der Waals surface area contributed by atoms with Crippen molar-refractivity contribution in [1.29, 1.82) is 0 Å². The van der Waals surface area contributed by atoms with Crippen molar-refractivity contribution in [3.05, 3.63) is 56.6 Å². The van der Waals surface area contributed by atoms with E-state index in [0.29, 0.717) is 28.6 Å². The number of aryl methyl sites for hydroxylation is 3. The third-order valence-electron chi connectivity index (χ3n) is 4.32. The van der Waals surface area contributed by atoms with E-state index in [-0.39, 0.29) is 17.9 Å². The molecule has 0 radical (unpaired) electrons. The maximum atomic E-state index is 12.3.